The SMILES string of the molecule is CCC(C)CN=C1NC(=O)C(=O)N1. The molecule has 5 heteroatoms. The molecule has 1 rings (SSSR count). The first-order valence-corrected chi connectivity index (χ1v) is 4.30. The first-order chi connectivity index (χ1) is 6.13. The Bertz CT molecular complexity index is 242. The second kappa shape index (κ2) is 4.02. The van der Waals surface area contributed by atoms with Gasteiger partial charge in [0.1, 0.15) is 0 Å². The van der Waals surface area contributed by atoms with E-state index in [1.165, 1.54) is 0 Å². The fraction of sp³-hybridized carbons (Fsp3) is 0.625. The van der Waals surface area contributed by atoms with Gasteiger partial charge in [-0.25, -0.2) is 0 Å². The van der Waals surface area contributed by atoms with Crippen molar-refractivity contribution in [2.24, 2.45) is 10.9 Å². The van der Waals surface area contributed by atoms with E-state index in [-0.39, 0.29) is 5.96 Å². The topological polar surface area (TPSA) is 70.6 Å². The van der Waals surface area contributed by atoms with Crippen molar-refractivity contribution in [3.05, 3.63) is 0 Å². The van der Waals surface area contributed by atoms with Crippen LogP contribution < -0.4 is 10.6 Å². The van der Waals surface area contributed by atoms with E-state index in [1.807, 2.05) is 0 Å². The van der Waals surface area contributed by atoms with Crippen LogP contribution in [0.1, 0.15) is 20.3 Å². The van der Waals surface area contributed by atoms with E-state index in [0.29, 0.717) is 12.5 Å². The number of carbonyl (C=O) groups is 2. The lowest BCUT2D eigenvalue weighted by Crippen LogP contribution is -2.26. The smallest absolute Gasteiger partial charge is 0.288 e. The summed E-state index contributed by atoms with van der Waals surface area (Å²) in [6.45, 7) is 4.74. The fourth-order valence-electron chi connectivity index (χ4n) is 0.815. The number of nitrogens with one attached hydrogen (secondary N) is 2. The van der Waals surface area contributed by atoms with Crippen LogP contribution in [0.4, 0.5) is 0 Å². The van der Waals surface area contributed by atoms with Crippen LogP contribution in [0.15, 0.2) is 4.99 Å². The number of amides is 2. The van der Waals surface area contributed by atoms with Crippen LogP contribution in [0.3, 0.4) is 0 Å². The minimum atomic E-state index is -0.636. The molecule has 1 fully saturated rings. The Balaban J connectivity index is 2.46. The Morgan fingerprint density at radius 1 is 1.31 bits per heavy atom. The number of aliphatic imine (C=N–C) groups is 1. The van der Waals surface area contributed by atoms with E-state index in [4.69, 9.17) is 0 Å². The summed E-state index contributed by atoms with van der Waals surface area (Å²) in [6, 6.07) is 0. The van der Waals surface area contributed by atoms with Crippen LogP contribution in [-0.2, 0) is 9.59 Å². The van der Waals surface area contributed by atoms with Crippen LogP contribution in [0.5, 0.6) is 0 Å². The lowest BCUT2D eigenvalue weighted by atomic mass is 10.1. The van der Waals surface area contributed by atoms with Gasteiger partial charge in [0.15, 0.2) is 0 Å². The Morgan fingerprint density at radius 3 is 2.31 bits per heavy atom. The molecule has 0 saturated carbocycles. The largest absolute Gasteiger partial charge is 0.316 e. The Labute approximate surface area is 76.6 Å². The quantitative estimate of drug-likeness (QED) is 0.586. The molecule has 0 radical (unpaired) electrons. The van der Waals surface area contributed by atoms with Gasteiger partial charge in [0.25, 0.3) is 0 Å². The van der Waals surface area contributed by atoms with Crippen molar-refractivity contribution in [2.75, 3.05) is 6.54 Å². The molecule has 1 atom stereocenters. The third kappa shape index (κ3) is 2.54. The Morgan fingerprint density at radius 2 is 1.85 bits per heavy atom. The van der Waals surface area contributed by atoms with E-state index in [9.17, 15) is 9.59 Å². The third-order valence-electron chi connectivity index (χ3n) is 1.93. The van der Waals surface area contributed by atoms with Gasteiger partial charge in [0.05, 0.1) is 0 Å². The predicted octanol–water partition coefficient (Wildman–Crippen LogP) is -0.366. The van der Waals surface area contributed by atoms with Crippen molar-refractivity contribution in [3.63, 3.8) is 0 Å². The highest BCUT2D eigenvalue weighted by atomic mass is 16.2. The molecule has 0 aromatic rings. The molecule has 1 heterocycles. The van der Waals surface area contributed by atoms with Crippen LogP contribution in [0, 0.1) is 5.92 Å². The van der Waals surface area contributed by atoms with Crippen molar-refractivity contribution in [3.8, 4) is 0 Å². The van der Waals surface area contributed by atoms with E-state index in [2.05, 4.69) is 29.5 Å². The molecule has 1 aliphatic rings. The summed E-state index contributed by atoms with van der Waals surface area (Å²) in [4.78, 5) is 25.4. The second-order valence-electron chi connectivity index (χ2n) is 3.11. The van der Waals surface area contributed by atoms with Crippen molar-refractivity contribution in [1.29, 1.82) is 0 Å². The molecule has 1 aliphatic heterocycles. The zero-order valence-corrected chi connectivity index (χ0v) is 7.76. The number of hydrogen-bond donors (Lipinski definition) is 2. The van der Waals surface area contributed by atoms with Gasteiger partial charge in [-0.2, -0.15) is 0 Å². The van der Waals surface area contributed by atoms with Crippen molar-refractivity contribution < 1.29 is 9.59 Å². The van der Waals surface area contributed by atoms with E-state index < -0.39 is 11.8 Å². The van der Waals surface area contributed by atoms with Crippen molar-refractivity contribution in [1.82, 2.24) is 10.6 Å². The molecule has 13 heavy (non-hydrogen) atoms. The fourth-order valence-corrected chi connectivity index (χ4v) is 0.815. The molecule has 0 aromatic heterocycles. The summed E-state index contributed by atoms with van der Waals surface area (Å²) in [7, 11) is 0. The van der Waals surface area contributed by atoms with E-state index >= 15 is 0 Å². The Hall–Kier alpha value is -1.39. The molecule has 1 unspecified atom stereocenters. The molecule has 2 N–H and O–H groups in total. The summed E-state index contributed by atoms with van der Waals surface area (Å²) >= 11 is 0. The summed E-state index contributed by atoms with van der Waals surface area (Å²) in [5, 5.41) is 4.67. The Kier molecular flexibility index (Phi) is 3.00. The molecular formula is C8H13N3O2. The van der Waals surface area contributed by atoms with E-state index in [0.717, 1.165) is 6.42 Å². The van der Waals surface area contributed by atoms with Crippen LogP contribution in [0.2, 0.25) is 0 Å². The van der Waals surface area contributed by atoms with Gasteiger partial charge < -0.3 is 0 Å². The average molecular weight is 183 g/mol. The van der Waals surface area contributed by atoms with E-state index in [1.54, 1.807) is 0 Å². The van der Waals surface area contributed by atoms with Gasteiger partial charge in [-0.05, 0) is 5.92 Å². The predicted molar refractivity (Wildman–Crippen MR) is 48.0 cm³/mol. The number of guanidine groups is 1. The third-order valence-corrected chi connectivity index (χ3v) is 1.93. The highest BCUT2D eigenvalue weighted by molar-refractivity contribution is 6.45. The zero-order valence-electron chi connectivity index (χ0n) is 7.76. The van der Waals surface area contributed by atoms with Crippen molar-refractivity contribution in [2.45, 2.75) is 20.3 Å². The summed E-state index contributed by atoms with van der Waals surface area (Å²) in [5.74, 6) is -0.539. The summed E-state index contributed by atoms with van der Waals surface area (Å²) in [5.41, 5.74) is 0. The molecule has 0 bridgehead atoms. The highest BCUT2D eigenvalue weighted by Crippen LogP contribution is 2.00. The number of nitrogens with zero attached hydrogens (tertiary/aromatic N) is 1. The van der Waals surface area contributed by atoms with Crippen LogP contribution in [-0.4, -0.2) is 24.3 Å². The van der Waals surface area contributed by atoms with Gasteiger partial charge in [0.2, 0.25) is 5.96 Å². The summed E-state index contributed by atoms with van der Waals surface area (Å²) < 4.78 is 0. The number of hydrogen-bond acceptors (Lipinski definition) is 3. The maximum absolute atomic E-state index is 10.7. The van der Waals surface area contributed by atoms with Crippen LogP contribution in [0.25, 0.3) is 0 Å². The van der Waals surface area contributed by atoms with Gasteiger partial charge >= 0.3 is 11.8 Å². The molecule has 0 aromatic carbocycles. The molecular weight excluding hydrogens is 170 g/mol. The molecule has 0 aliphatic carbocycles. The lowest BCUT2D eigenvalue weighted by molar-refractivity contribution is -0.135. The number of rotatable bonds is 3. The van der Waals surface area contributed by atoms with Crippen molar-refractivity contribution >= 4 is 17.8 Å². The minimum Gasteiger partial charge on any atom is -0.288 e. The molecule has 72 valence electrons. The molecule has 1 saturated heterocycles. The molecule has 0 spiro atoms. The average Bonchev–Trinajstić information content (AvgIpc) is 2.42. The molecule has 2 amide bonds. The maximum atomic E-state index is 10.7. The van der Waals surface area contributed by atoms with Gasteiger partial charge in [0, 0.05) is 6.54 Å². The molecule has 5 nitrogen and oxygen atoms in total. The van der Waals surface area contributed by atoms with Gasteiger partial charge in [-0.15, -0.1) is 0 Å². The second-order valence-corrected chi connectivity index (χ2v) is 3.11. The first kappa shape index (κ1) is 9.70. The van der Waals surface area contributed by atoms with Gasteiger partial charge in [-0.3, -0.25) is 25.2 Å². The monoisotopic (exact) mass is 183 g/mol. The maximum Gasteiger partial charge on any atom is 0.316 e. The zero-order chi connectivity index (χ0) is 9.84. The lowest BCUT2D eigenvalue weighted by Gasteiger charge is -2.03. The number of carbonyl (C=O) groups excluding carboxylic acids is 2. The summed E-state index contributed by atoms with van der Waals surface area (Å²) in [6.07, 6.45) is 1.03. The normalized spacial score (nSPS) is 18.2. The minimum absolute atomic E-state index is 0.273. The highest BCUT2D eigenvalue weighted by Gasteiger charge is 2.24. The van der Waals surface area contributed by atoms with Crippen LogP contribution >= 0.6 is 0 Å². The standard InChI is InChI=1S/C8H13N3O2/c1-3-5(2)4-9-8-10-6(12)7(13)11-8/h5H,3-4H2,1-2H3,(H2,9,10,11,12,13). The van der Waals surface area contributed by atoms with Gasteiger partial charge in [-0.1, -0.05) is 20.3 Å². The first-order valence-electron chi connectivity index (χ1n) is 4.30.